The van der Waals surface area contributed by atoms with Gasteiger partial charge in [-0.1, -0.05) is 18.2 Å². The average Bonchev–Trinajstić information content (AvgIpc) is 2.31. The monoisotopic (exact) mass is 252 g/mol. The van der Waals surface area contributed by atoms with Gasteiger partial charge < -0.3 is 9.84 Å². The zero-order valence-corrected chi connectivity index (χ0v) is 9.85. The summed E-state index contributed by atoms with van der Waals surface area (Å²) in [6.45, 7) is 1.74. The third-order valence-electron chi connectivity index (χ3n) is 2.11. The van der Waals surface area contributed by atoms with Gasteiger partial charge in [0, 0.05) is 11.1 Å². The fourth-order valence-electron chi connectivity index (χ4n) is 1.35. The molecule has 0 bridgehead atoms. The number of hydrogen-bond acceptors (Lipinski definition) is 3. The first-order valence-electron chi connectivity index (χ1n) is 5.38. The molecule has 96 valence electrons. The number of carboxylic acids is 1. The molecule has 0 radical (unpaired) electrons. The fourth-order valence-corrected chi connectivity index (χ4v) is 1.35. The summed E-state index contributed by atoms with van der Waals surface area (Å²) in [7, 11) is 0. The highest BCUT2D eigenvalue weighted by Gasteiger charge is 2.15. The van der Waals surface area contributed by atoms with Gasteiger partial charge in [-0.05, 0) is 19.1 Å². The molecule has 5 heteroatoms. The highest BCUT2D eigenvalue weighted by Crippen LogP contribution is 2.14. The summed E-state index contributed by atoms with van der Waals surface area (Å²) in [4.78, 5) is 22.2. The lowest BCUT2D eigenvalue weighted by atomic mass is 10.1. The van der Waals surface area contributed by atoms with Gasteiger partial charge in [-0.2, -0.15) is 0 Å². The van der Waals surface area contributed by atoms with Crippen molar-refractivity contribution in [2.24, 2.45) is 0 Å². The summed E-state index contributed by atoms with van der Waals surface area (Å²) in [5.41, 5.74) is 0.0660. The second-order valence-electron chi connectivity index (χ2n) is 3.48. The van der Waals surface area contributed by atoms with Crippen molar-refractivity contribution in [2.45, 2.75) is 13.3 Å². The number of carbonyl (C=O) groups is 2. The lowest BCUT2D eigenvalue weighted by Gasteiger charge is -2.05. The molecular weight excluding hydrogens is 239 g/mol. The van der Waals surface area contributed by atoms with E-state index in [1.165, 1.54) is 24.3 Å². The second-order valence-corrected chi connectivity index (χ2v) is 3.48. The van der Waals surface area contributed by atoms with Gasteiger partial charge in [0.2, 0.25) is 0 Å². The minimum Gasteiger partial charge on any atom is -0.481 e. The highest BCUT2D eigenvalue weighted by atomic mass is 19.1. The molecule has 0 spiro atoms. The number of halogens is 1. The second kappa shape index (κ2) is 6.54. The van der Waals surface area contributed by atoms with Crippen molar-refractivity contribution in [3.8, 4) is 0 Å². The number of carboxylic acid groups (broad SMARTS) is 1. The Hall–Kier alpha value is -2.17. The highest BCUT2D eigenvalue weighted by molar-refractivity contribution is 5.97. The molecule has 1 aromatic rings. The number of rotatable bonds is 5. The first-order chi connectivity index (χ1) is 8.54. The molecule has 0 heterocycles. The van der Waals surface area contributed by atoms with Crippen molar-refractivity contribution in [3.05, 3.63) is 41.2 Å². The van der Waals surface area contributed by atoms with Crippen LogP contribution >= 0.6 is 0 Å². The summed E-state index contributed by atoms with van der Waals surface area (Å²) in [6.07, 6.45) is 0.689. The predicted molar refractivity (Wildman–Crippen MR) is 63.3 cm³/mol. The van der Waals surface area contributed by atoms with E-state index in [4.69, 9.17) is 9.84 Å². The van der Waals surface area contributed by atoms with E-state index in [-0.39, 0.29) is 17.7 Å². The number of hydrogen-bond donors (Lipinski definition) is 1. The molecule has 0 unspecified atom stereocenters. The van der Waals surface area contributed by atoms with Crippen LogP contribution in [0.3, 0.4) is 0 Å². The van der Waals surface area contributed by atoms with Crippen molar-refractivity contribution in [2.75, 3.05) is 6.61 Å². The summed E-state index contributed by atoms with van der Waals surface area (Å²) >= 11 is 0. The van der Waals surface area contributed by atoms with E-state index < -0.39 is 24.2 Å². The minimum absolute atomic E-state index is 0.0885. The Kier molecular flexibility index (Phi) is 5.05. The van der Waals surface area contributed by atoms with Gasteiger partial charge in [0.05, 0.1) is 13.0 Å². The molecule has 1 rings (SSSR count). The average molecular weight is 252 g/mol. The van der Waals surface area contributed by atoms with Crippen LogP contribution in [-0.4, -0.2) is 23.7 Å². The Morgan fingerprint density at radius 2 is 2.06 bits per heavy atom. The number of carbonyl (C=O) groups excluding carboxylic acids is 1. The molecule has 18 heavy (non-hydrogen) atoms. The Labute approximate surface area is 104 Å². The standard InChI is InChI=1S/C13H13FO4/c1-2-18-13(17)10(8-12(15)16)7-9-5-3-4-6-11(9)14/h3-7H,2,8H2,1H3,(H,15,16)/b10-7-. The molecule has 0 aromatic heterocycles. The zero-order valence-electron chi connectivity index (χ0n) is 9.85. The van der Waals surface area contributed by atoms with E-state index in [1.54, 1.807) is 13.0 Å². The maximum atomic E-state index is 13.4. The van der Waals surface area contributed by atoms with Crippen LogP contribution < -0.4 is 0 Å². The topological polar surface area (TPSA) is 63.6 Å². The number of benzene rings is 1. The number of aliphatic carboxylic acids is 1. The molecule has 4 nitrogen and oxygen atoms in total. The summed E-state index contributed by atoms with van der Waals surface area (Å²) in [5, 5.41) is 8.71. The first kappa shape index (κ1) is 13.9. The van der Waals surface area contributed by atoms with Gasteiger partial charge in [0.25, 0.3) is 0 Å². The molecule has 0 amide bonds. The Balaban J connectivity index is 3.06. The lowest BCUT2D eigenvalue weighted by molar-refractivity contribution is -0.142. The van der Waals surface area contributed by atoms with Crippen molar-refractivity contribution >= 4 is 18.0 Å². The predicted octanol–water partition coefficient (Wildman–Crippen LogP) is 2.25. The van der Waals surface area contributed by atoms with Crippen molar-refractivity contribution in [3.63, 3.8) is 0 Å². The van der Waals surface area contributed by atoms with E-state index in [2.05, 4.69) is 0 Å². The van der Waals surface area contributed by atoms with Crippen LogP contribution in [0.4, 0.5) is 4.39 Å². The third kappa shape index (κ3) is 4.01. The molecule has 0 aliphatic carbocycles. The van der Waals surface area contributed by atoms with Gasteiger partial charge in [0.1, 0.15) is 5.82 Å². The summed E-state index contributed by atoms with van der Waals surface area (Å²) in [6, 6.07) is 5.79. The maximum Gasteiger partial charge on any atom is 0.334 e. The van der Waals surface area contributed by atoms with Crippen LogP contribution in [0.25, 0.3) is 6.08 Å². The Morgan fingerprint density at radius 1 is 1.39 bits per heavy atom. The van der Waals surface area contributed by atoms with E-state index in [1.807, 2.05) is 0 Å². The van der Waals surface area contributed by atoms with Crippen LogP contribution in [-0.2, 0) is 14.3 Å². The molecule has 0 fully saturated rings. The van der Waals surface area contributed by atoms with E-state index in [9.17, 15) is 14.0 Å². The zero-order chi connectivity index (χ0) is 13.5. The molecule has 0 atom stereocenters. The molecule has 0 saturated carbocycles. The maximum absolute atomic E-state index is 13.4. The van der Waals surface area contributed by atoms with Crippen molar-refractivity contribution in [1.82, 2.24) is 0 Å². The van der Waals surface area contributed by atoms with Gasteiger partial charge in [-0.3, -0.25) is 4.79 Å². The van der Waals surface area contributed by atoms with Gasteiger partial charge >= 0.3 is 11.9 Å². The van der Waals surface area contributed by atoms with Crippen molar-refractivity contribution in [1.29, 1.82) is 0 Å². The fraction of sp³-hybridized carbons (Fsp3) is 0.231. The van der Waals surface area contributed by atoms with Crippen LogP contribution in [0, 0.1) is 5.82 Å². The molecule has 1 aromatic carbocycles. The van der Waals surface area contributed by atoms with Crippen molar-refractivity contribution < 1.29 is 23.8 Å². The number of ether oxygens (including phenoxy) is 1. The summed E-state index contributed by atoms with van der Waals surface area (Å²) < 4.78 is 18.1. The SMILES string of the molecule is CCOC(=O)/C(=C\c1ccccc1F)CC(=O)O. The quantitative estimate of drug-likeness (QED) is 0.644. The Bertz CT molecular complexity index is 480. The van der Waals surface area contributed by atoms with E-state index in [0.717, 1.165) is 0 Å². The molecular formula is C13H13FO4. The molecule has 0 aliphatic rings. The molecule has 1 N–H and O–H groups in total. The Morgan fingerprint density at radius 3 is 2.61 bits per heavy atom. The van der Waals surface area contributed by atoms with E-state index >= 15 is 0 Å². The normalized spacial score (nSPS) is 11.1. The van der Waals surface area contributed by atoms with Crippen LogP contribution in [0.1, 0.15) is 18.9 Å². The molecule has 0 saturated heterocycles. The minimum atomic E-state index is -1.18. The van der Waals surface area contributed by atoms with Gasteiger partial charge in [-0.25, -0.2) is 9.18 Å². The van der Waals surface area contributed by atoms with Gasteiger partial charge in [-0.15, -0.1) is 0 Å². The molecule has 0 aliphatic heterocycles. The van der Waals surface area contributed by atoms with Crippen LogP contribution in [0.15, 0.2) is 29.8 Å². The largest absolute Gasteiger partial charge is 0.481 e. The number of esters is 1. The lowest BCUT2D eigenvalue weighted by Crippen LogP contribution is -2.11. The third-order valence-corrected chi connectivity index (χ3v) is 2.11. The van der Waals surface area contributed by atoms with E-state index in [0.29, 0.717) is 0 Å². The first-order valence-corrected chi connectivity index (χ1v) is 5.38. The smallest absolute Gasteiger partial charge is 0.334 e. The van der Waals surface area contributed by atoms with Crippen LogP contribution in [0.5, 0.6) is 0 Å². The van der Waals surface area contributed by atoms with Crippen LogP contribution in [0.2, 0.25) is 0 Å². The van der Waals surface area contributed by atoms with Gasteiger partial charge in [0.15, 0.2) is 0 Å². The summed E-state index contributed by atoms with van der Waals surface area (Å²) in [5.74, 6) is -2.45.